The average molecular weight is 342 g/mol. The molecule has 0 fully saturated rings. The molecule has 24 heavy (non-hydrogen) atoms. The van der Waals surface area contributed by atoms with Crippen molar-refractivity contribution in [1.82, 2.24) is 0 Å². The Morgan fingerprint density at radius 3 is 2.17 bits per heavy atom. The van der Waals surface area contributed by atoms with E-state index in [0.717, 1.165) is 0 Å². The van der Waals surface area contributed by atoms with Gasteiger partial charge in [-0.05, 0) is 66.7 Å². The third-order valence-electron chi connectivity index (χ3n) is 3.25. The number of amides is 1. The number of carbonyl (C=O) groups excluding carboxylic acids is 1. The highest BCUT2D eigenvalue weighted by Crippen LogP contribution is 2.24. The molecule has 1 N–H and O–H groups in total. The van der Waals surface area contributed by atoms with Gasteiger partial charge in [0.1, 0.15) is 17.3 Å². The third kappa shape index (κ3) is 4.12. The monoisotopic (exact) mass is 341 g/mol. The summed E-state index contributed by atoms with van der Waals surface area (Å²) in [5.41, 5.74) is 0.851. The molecule has 0 saturated carbocycles. The number of hydrogen-bond acceptors (Lipinski definition) is 2. The lowest BCUT2D eigenvalue weighted by molar-refractivity contribution is 0.102. The lowest BCUT2D eigenvalue weighted by Gasteiger charge is -2.08. The summed E-state index contributed by atoms with van der Waals surface area (Å²) in [6.45, 7) is 0. The van der Waals surface area contributed by atoms with Gasteiger partial charge in [-0.1, -0.05) is 17.7 Å². The predicted octanol–water partition coefficient (Wildman–Crippen LogP) is 5.52. The van der Waals surface area contributed by atoms with Crippen LogP contribution in [-0.2, 0) is 0 Å². The maximum Gasteiger partial charge on any atom is 0.255 e. The first-order valence-corrected chi connectivity index (χ1v) is 7.58. The van der Waals surface area contributed by atoms with Crippen LogP contribution < -0.4 is 10.1 Å². The number of carbonyl (C=O) groups is 1. The van der Waals surface area contributed by atoms with E-state index in [1.54, 1.807) is 54.6 Å². The molecule has 3 aromatic rings. The zero-order valence-corrected chi connectivity index (χ0v) is 13.3. The molecule has 3 rings (SSSR count). The van der Waals surface area contributed by atoms with E-state index < -0.39 is 5.82 Å². The fraction of sp³-hybridized carbons (Fsp3) is 0. The lowest BCUT2D eigenvalue weighted by Crippen LogP contribution is -2.11. The van der Waals surface area contributed by atoms with Crippen molar-refractivity contribution < 1.29 is 13.9 Å². The molecule has 0 aliphatic heterocycles. The molecule has 0 bridgehead atoms. The Bertz CT molecular complexity index is 848. The third-order valence-corrected chi connectivity index (χ3v) is 3.50. The Morgan fingerprint density at radius 2 is 1.54 bits per heavy atom. The van der Waals surface area contributed by atoms with Gasteiger partial charge in [0.25, 0.3) is 5.91 Å². The Hall–Kier alpha value is -2.85. The SMILES string of the molecule is O=C(Nc1ccc(Oc2ccc(Cl)cc2)cc1)c1cccc(F)c1. The van der Waals surface area contributed by atoms with Gasteiger partial charge in [-0.2, -0.15) is 0 Å². The van der Waals surface area contributed by atoms with Gasteiger partial charge < -0.3 is 10.1 Å². The van der Waals surface area contributed by atoms with Crippen LogP contribution in [0.2, 0.25) is 5.02 Å². The second kappa shape index (κ2) is 7.15. The van der Waals surface area contributed by atoms with Crippen LogP contribution in [0.15, 0.2) is 72.8 Å². The molecule has 3 nitrogen and oxygen atoms in total. The van der Waals surface area contributed by atoms with Gasteiger partial charge in [0.05, 0.1) is 0 Å². The van der Waals surface area contributed by atoms with Crippen LogP contribution in [0.3, 0.4) is 0 Å². The van der Waals surface area contributed by atoms with Gasteiger partial charge >= 0.3 is 0 Å². The molecule has 5 heteroatoms. The first-order valence-electron chi connectivity index (χ1n) is 7.20. The zero-order chi connectivity index (χ0) is 16.9. The minimum absolute atomic E-state index is 0.261. The number of nitrogens with one attached hydrogen (secondary N) is 1. The Kier molecular flexibility index (Phi) is 4.77. The fourth-order valence-electron chi connectivity index (χ4n) is 2.08. The molecule has 0 saturated heterocycles. The standard InChI is InChI=1S/C19H13ClFNO2/c20-14-4-8-17(9-5-14)24-18-10-6-16(7-11-18)22-19(23)13-2-1-3-15(21)12-13/h1-12H,(H,22,23). The van der Waals surface area contributed by atoms with Gasteiger partial charge in [0, 0.05) is 16.3 Å². The summed E-state index contributed by atoms with van der Waals surface area (Å²) in [7, 11) is 0. The normalized spacial score (nSPS) is 10.2. The maximum absolute atomic E-state index is 13.1. The molecule has 120 valence electrons. The summed E-state index contributed by atoms with van der Waals surface area (Å²) in [6.07, 6.45) is 0. The summed E-state index contributed by atoms with van der Waals surface area (Å²) in [4.78, 5) is 12.1. The summed E-state index contributed by atoms with van der Waals surface area (Å²) in [5.74, 6) is 0.465. The number of halogens is 2. The summed E-state index contributed by atoms with van der Waals surface area (Å²) in [6, 6.07) is 19.4. The Balaban J connectivity index is 1.66. The van der Waals surface area contributed by atoms with Crippen LogP contribution in [0, 0.1) is 5.82 Å². The van der Waals surface area contributed by atoms with Gasteiger partial charge in [-0.3, -0.25) is 4.79 Å². The first-order chi connectivity index (χ1) is 11.6. The highest BCUT2D eigenvalue weighted by Gasteiger charge is 2.07. The molecule has 0 spiro atoms. The molecule has 3 aromatic carbocycles. The lowest BCUT2D eigenvalue weighted by atomic mass is 10.2. The highest BCUT2D eigenvalue weighted by molar-refractivity contribution is 6.30. The number of rotatable bonds is 4. The van der Waals surface area contributed by atoms with E-state index in [4.69, 9.17) is 16.3 Å². The van der Waals surface area contributed by atoms with Gasteiger partial charge in [0.2, 0.25) is 0 Å². The average Bonchev–Trinajstić information content (AvgIpc) is 2.59. The van der Waals surface area contributed by atoms with Crippen molar-refractivity contribution in [2.75, 3.05) is 5.32 Å². The van der Waals surface area contributed by atoms with Crippen molar-refractivity contribution in [3.8, 4) is 11.5 Å². The number of ether oxygens (including phenoxy) is 1. The molecule has 0 heterocycles. The fourth-order valence-corrected chi connectivity index (χ4v) is 2.20. The molecule has 0 aliphatic carbocycles. The van der Waals surface area contributed by atoms with Crippen LogP contribution in [0.5, 0.6) is 11.5 Å². The van der Waals surface area contributed by atoms with Crippen molar-refractivity contribution in [3.05, 3.63) is 89.2 Å². The summed E-state index contributed by atoms with van der Waals surface area (Å²) >= 11 is 5.82. The van der Waals surface area contributed by atoms with Crippen LogP contribution >= 0.6 is 11.6 Å². The molecular formula is C19H13ClFNO2. The van der Waals surface area contributed by atoms with Gasteiger partial charge in [-0.15, -0.1) is 0 Å². The summed E-state index contributed by atoms with van der Waals surface area (Å²) < 4.78 is 18.8. The number of anilines is 1. The Morgan fingerprint density at radius 1 is 0.917 bits per heavy atom. The Labute approximate surface area is 143 Å². The van der Waals surface area contributed by atoms with Gasteiger partial charge in [-0.25, -0.2) is 4.39 Å². The number of hydrogen-bond donors (Lipinski definition) is 1. The topological polar surface area (TPSA) is 38.3 Å². The smallest absolute Gasteiger partial charge is 0.255 e. The van der Waals surface area contributed by atoms with Crippen molar-refractivity contribution >= 4 is 23.2 Å². The largest absolute Gasteiger partial charge is 0.457 e. The van der Waals surface area contributed by atoms with Crippen LogP contribution in [-0.4, -0.2) is 5.91 Å². The predicted molar refractivity (Wildman–Crippen MR) is 92.3 cm³/mol. The molecule has 0 radical (unpaired) electrons. The molecule has 0 aromatic heterocycles. The van der Waals surface area contributed by atoms with E-state index in [1.807, 2.05) is 0 Å². The molecule has 0 atom stereocenters. The maximum atomic E-state index is 13.1. The van der Waals surface area contributed by atoms with Crippen molar-refractivity contribution in [2.45, 2.75) is 0 Å². The van der Waals surface area contributed by atoms with Crippen LogP contribution in [0.25, 0.3) is 0 Å². The molecular weight excluding hydrogens is 329 g/mol. The van der Waals surface area contributed by atoms with E-state index in [1.165, 1.54) is 18.2 Å². The number of benzene rings is 3. The first kappa shape index (κ1) is 16.0. The van der Waals surface area contributed by atoms with E-state index in [9.17, 15) is 9.18 Å². The minimum atomic E-state index is -0.450. The quantitative estimate of drug-likeness (QED) is 0.678. The van der Waals surface area contributed by atoms with Crippen molar-refractivity contribution in [2.24, 2.45) is 0 Å². The van der Waals surface area contributed by atoms with E-state index >= 15 is 0 Å². The zero-order valence-electron chi connectivity index (χ0n) is 12.5. The highest BCUT2D eigenvalue weighted by atomic mass is 35.5. The van der Waals surface area contributed by atoms with Crippen molar-refractivity contribution in [1.29, 1.82) is 0 Å². The van der Waals surface area contributed by atoms with Crippen molar-refractivity contribution in [3.63, 3.8) is 0 Å². The van der Waals surface area contributed by atoms with Crippen LogP contribution in [0.4, 0.5) is 10.1 Å². The van der Waals surface area contributed by atoms with Crippen LogP contribution in [0.1, 0.15) is 10.4 Å². The molecule has 0 aliphatic rings. The molecule has 0 unspecified atom stereocenters. The van der Waals surface area contributed by atoms with Gasteiger partial charge in [0.15, 0.2) is 0 Å². The molecule has 1 amide bonds. The second-order valence-electron chi connectivity index (χ2n) is 5.04. The second-order valence-corrected chi connectivity index (χ2v) is 5.48. The van der Waals surface area contributed by atoms with E-state index in [0.29, 0.717) is 22.2 Å². The van der Waals surface area contributed by atoms with E-state index in [2.05, 4.69) is 5.32 Å². The van der Waals surface area contributed by atoms with E-state index in [-0.39, 0.29) is 11.5 Å². The summed E-state index contributed by atoms with van der Waals surface area (Å²) in [5, 5.41) is 3.34. The minimum Gasteiger partial charge on any atom is -0.457 e.